The lowest BCUT2D eigenvalue weighted by molar-refractivity contribution is -0.159. The predicted octanol–water partition coefficient (Wildman–Crippen LogP) is 3.30. The summed E-state index contributed by atoms with van der Waals surface area (Å²) >= 11 is 12.2. The van der Waals surface area contributed by atoms with Gasteiger partial charge in [-0.2, -0.15) is 5.26 Å². The summed E-state index contributed by atoms with van der Waals surface area (Å²) < 4.78 is 5.14. The summed E-state index contributed by atoms with van der Waals surface area (Å²) in [7, 11) is 1.27. The number of hydrogen-bond acceptors (Lipinski definition) is 5. The third-order valence-electron chi connectivity index (χ3n) is 5.63. The maximum Gasteiger partial charge on any atom is 0.332 e. The first-order chi connectivity index (χ1) is 15.7. The van der Waals surface area contributed by atoms with Gasteiger partial charge in [0.15, 0.2) is 0 Å². The van der Waals surface area contributed by atoms with E-state index in [1.54, 1.807) is 42.5 Å². The molecule has 7 nitrogen and oxygen atoms in total. The number of hydrogen-bond donors (Lipinski definition) is 1. The van der Waals surface area contributed by atoms with Crippen molar-refractivity contribution in [3.05, 3.63) is 69.2 Å². The topological polar surface area (TPSA) is 99.5 Å². The van der Waals surface area contributed by atoms with Gasteiger partial charge in [0.1, 0.15) is 5.54 Å². The highest BCUT2D eigenvalue weighted by atomic mass is 35.5. The number of benzene rings is 2. The van der Waals surface area contributed by atoms with Gasteiger partial charge in [0, 0.05) is 42.4 Å². The van der Waals surface area contributed by atoms with Gasteiger partial charge in [0.2, 0.25) is 11.8 Å². The summed E-state index contributed by atoms with van der Waals surface area (Å²) in [6.07, 6.45) is 0.337. The van der Waals surface area contributed by atoms with Crippen LogP contribution < -0.4 is 5.32 Å². The number of halogens is 2. The van der Waals surface area contributed by atoms with E-state index in [0.717, 1.165) is 5.56 Å². The largest absolute Gasteiger partial charge is 0.467 e. The first-order valence-electron chi connectivity index (χ1n) is 10.3. The molecule has 2 atom stereocenters. The highest BCUT2D eigenvalue weighted by Crippen LogP contribution is 2.35. The molecule has 0 spiro atoms. The number of carbonyl (C=O) groups is 3. The number of esters is 1. The normalized spacial score (nSPS) is 19.6. The zero-order chi connectivity index (χ0) is 24.2. The lowest BCUT2D eigenvalue weighted by Gasteiger charge is -2.36. The summed E-state index contributed by atoms with van der Waals surface area (Å²) in [5.41, 5.74) is 0.526. The van der Waals surface area contributed by atoms with Gasteiger partial charge in [0.25, 0.3) is 0 Å². The van der Waals surface area contributed by atoms with Crippen LogP contribution in [0.15, 0.2) is 42.5 Å². The van der Waals surface area contributed by atoms with Crippen LogP contribution in [0.4, 0.5) is 0 Å². The van der Waals surface area contributed by atoms with Gasteiger partial charge >= 0.3 is 5.97 Å². The standard InChI is InChI=1S/C24H23Cl2N3O4/c1-15(30)28-21-12-24(23(32)33-2,11-16-3-5-17(13-27)6-4-16)29(14-21)22(31)9-18-7-19(25)10-20(26)8-18/h3-8,10,21H,9,11-12,14H2,1-2H3,(H,28,30)/t21-,24-/m0/s1. The van der Waals surface area contributed by atoms with Crippen molar-refractivity contribution in [2.75, 3.05) is 13.7 Å². The molecule has 0 bridgehead atoms. The second-order valence-electron chi connectivity index (χ2n) is 8.07. The molecule has 33 heavy (non-hydrogen) atoms. The minimum atomic E-state index is -1.32. The highest BCUT2D eigenvalue weighted by molar-refractivity contribution is 6.34. The van der Waals surface area contributed by atoms with Gasteiger partial charge in [-0.15, -0.1) is 0 Å². The molecular weight excluding hydrogens is 465 g/mol. The van der Waals surface area contributed by atoms with Crippen LogP contribution in [0.3, 0.4) is 0 Å². The van der Waals surface area contributed by atoms with E-state index in [4.69, 9.17) is 33.2 Å². The Bertz CT molecular complexity index is 1090. The quantitative estimate of drug-likeness (QED) is 0.630. The molecule has 2 aromatic carbocycles. The molecule has 0 radical (unpaired) electrons. The Morgan fingerprint density at radius 3 is 2.33 bits per heavy atom. The van der Waals surface area contributed by atoms with Crippen LogP contribution in [0, 0.1) is 11.3 Å². The number of amides is 2. The van der Waals surface area contributed by atoms with E-state index in [1.165, 1.54) is 18.9 Å². The van der Waals surface area contributed by atoms with Crippen molar-refractivity contribution in [3.8, 4) is 6.07 Å². The van der Waals surface area contributed by atoms with Crippen LogP contribution in [0.25, 0.3) is 0 Å². The molecule has 3 rings (SSSR count). The molecule has 0 aliphatic carbocycles. The lowest BCUT2D eigenvalue weighted by atomic mass is 9.86. The first kappa shape index (κ1) is 24.6. The monoisotopic (exact) mass is 487 g/mol. The van der Waals surface area contributed by atoms with Crippen molar-refractivity contribution in [1.29, 1.82) is 5.26 Å². The molecule has 0 saturated carbocycles. The Kier molecular flexibility index (Phi) is 7.62. The average Bonchev–Trinajstić information content (AvgIpc) is 3.11. The fourth-order valence-corrected chi connectivity index (χ4v) is 4.91. The van der Waals surface area contributed by atoms with E-state index >= 15 is 0 Å². The number of nitriles is 1. The number of nitrogens with one attached hydrogen (secondary N) is 1. The Morgan fingerprint density at radius 1 is 1.15 bits per heavy atom. The number of likely N-dealkylation sites (tertiary alicyclic amines) is 1. The average molecular weight is 488 g/mol. The fraction of sp³-hybridized carbons (Fsp3) is 0.333. The Morgan fingerprint density at radius 2 is 1.79 bits per heavy atom. The van der Waals surface area contributed by atoms with E-state index in [-0.39, 0.29) is 37.6 Å². The van der Waals surface area contributed by atoms with Crippen LogP contribution in [-0.2, 0) is 32.0 Å². The number of rotatable bonds is 6. The van der Waals surface area contributed by atoms with Crippen molar-refractivity contribution in [2.24, 2.45) is 0 Å². The van der Waals surface area contributed by atoms with Crippen LogP contribution in [0.5, 0.6) is 0 Å². The summed E-state index contributed by atoms with van der Waals surface area (Å²) in [5.74, 6) is -1.15. The molecule has 1 aliphatic rings. The van der Waals surface area contributed by atoms with E-state index in [2.05, 4.69) is 11.4 Å². The number of nitrogens with zero attached hydrogens (tertiary/aromatic N) is 2. The van der Waals surface area contributed by atoms with E-state index in [9.17, 15) is 14.4 Å². The van der Waals surface area contributed by atoms with E-state index in [1.807, 2.05) is 0 Å². The minimum Gasteiger partial charge on any atom is -0.467 e. The summed E-state index contributed by atoms with van der Waals surface area (Å²) in [5, 5.41) is 12.7. The van der Waals surface area contributed by atoms with Crippen molar-refractivity contribution in [1.82, 2.24) is 10.2 Å². The Labute approximate surface area is 202 Å². The fourth-order valence-electron chi connectivity index (χ4n) is 4.34. The van der Waals surface area contributed by atoms with Crippen LogP contribution >= 0.6 is 23.2 Å². The molecule has 1 aliphatic heterocycles. The van der Waals surface area contributed by atoms with Gasteiger partial charge in [0.05, 0.1) is 25.2 Å². The summed E-state index contributed by atoms with van der Waals surface area (Å²) in [6, 6.07) is 13.3. The highest BCUT2D eigenvalue weighted by Gasteiger charge is 2.54. The van der Waals surface area contributed by atoms with Gasteiger partial charge in [-0.05, 0) is 41.5 Å². The predicted molar refractivity (Wildman–Crippen MR) is 124 cm³/mol. The molecule has 1 heterocycles. The van der Waals surface area contributed by atoms with Crippen molar-refractivity contribution in [2.45, 2.75) is 37.8 Å². The molecule has 1 fully saturated rings. The van der Waals surface area contributed by atoms with Gasteiger partial charge < -0.3 is 15.0 Å². The second-order valence-corrected chi connectivity index (χ2v) is 8.94. The maximum atomic E-state index is 13.5. The van der Waals surface area contributed by atoms with Crippen LogP contribution in [0.2, 0.25) is 10.0 Å². The molecule has 1 saturated heterocycles. The smallest absolute Gasteiger partial charge is 0.332 e. The zero-order valence-corrected chi connectivity index (χ0v) is 19.7. The molecule has 2 amide bonds. The number of methoxy groups -OCH3 is 1. The number of ether oxygens (including phenoxy) is 1. The molecular formula is C24H23Cl2N3O4. The molecule has 0 aromatic heterocycles. The lowest BCUT2D eigenvalue weighted by Crippen LogP contribution is -2.55. The third-order valence-corrected chi connectivity index (χ3v) is 6.07. The zero-order valence-electron chi connectivity index (χ0n) is 18.2. The van der Waals surface area contributed by atoms with Crippen molar-refractivity contribution >= 4 is 41.0 Å². The molecule has 172 valence electrons. The van der Waals surface area contributed by atoms with Gasteiger partial charge in [-0.3, -0.25) is 9.59 Å². The number of carbonyl (C=O) groups excluding carboxylic acids is 3. The first-order valence-corrected chi connectivity index (χ1v) is 11.0. The maximum absolute atomic E-state index is 13.5. The minimum absolute atomic E-state index is 0.0286. The van der Waals surface area contributed by atoms with Crippen LogP contribution in [0.1, 0.15) is 30.0 Å². The summed E-state index contributed by atoms with van der Waals surface area (Å²) in [4.78, 5) is 39.8. The van der Waals surface area contributed by atoms with Gasteiger partial charge in [-0.1, -0.05) is 35.3 Å². The van der Waals surface area contributed by atoms with Crippen molar-refractivity contribution in [3.63, 3.8) is 0 Å². The van der Waals surface area contributed by atoms with Crippen molar-refractivity contribution < 1.29 is 19.1 Å². The third kappa shape index (κ3) is 5.65. The molecule has 2 aromatic rings. The Hall–Kier alpha value is -3.08. The van der Waals surface area contributed by atoms with Gasteiger partial charge in [-0.25, -0.2) is 4.79 Å². The Balaban J connectivity index is 1.99. The molecule has 1 N–H and O–H groups in total. The molecule has 0 unspecified atom stereocenters. The molecule has 9 heteroatoms. The van der Waals surface area contributed by atoms with Crippen LogP contribution in [-0.4, -0.2) is 47.9 Å². The SMILES string of the molecule is COC(=O)[C@]1(Cc2ccc(C#N)cc2)C[C@H](NC(C)=O)CN1C(=O)Cc1cc(Cl)cc(Cl)c1. The van der Waals surface area contributed by atoms with E-state index < -0.39 is 17.6 Å². The summed E-state index contributed by atoms with van der Waals surface area (Å²) in [6.45, 7) is 1.54. The van der Waals surface area contributed by atoms with E-state index in [0.29, 0.717) is 21.2 Å². The second kappa shape index (κ2) is 10.2.